The molecule has 6 heteroatoms. The van der Waals surface area contributed by atoms with Gasteiger partial charge in [-0.25, -0.2) is 0 Å². The van der Waals surface area contributed by atoms with E-state index in [0.29, 0.717) is 52.9 Å². The van der Waals surface area contributed by atoms with E-state index < -0.39 is 0 Å². The van der Waals surface area contributed by atoms with Crippen molar-refractivity contribution in [1.29, 1.82) is 0 Å². The Morgan fingerprint density at radius 3 is 1.08 bits per heavy atom. The molecule has 0 rings (SSSR count). The Hall–Kier alpha value is -0.240. The Kier molecular flexibility index (Phi) is 40.7. The molecule has 150 valence electrons. The van der Waals surface area contributed by atoms with E-state index in [1.54, 1.807) is 0 Å². The van der Waals surface area contributed by atoms with Crippen LogP contribution in [0.5, 0.6) is 0 Å². The van der Waals surface area contributed by atoms with Gasteiger partial charge < -0.3 is 29.0 Å². The highest BCUT2D eigenvalue weighted by Gasteiger charge is 1.93. The van der Waals surface area contributed by atoms with Crippen molar-refractivity contribution < 1.29 is 23.7 Å². The molecule has 0 saturated heterocycles. The number of rotatable bonds is 17. The summed E-state index contributed by atoms with van der Waals surface area (Å²) in [6.45, 7) is 17.4. The lowest BCUT2D eigenvalue weighted by atomic mass is 10.5. The summed E-state index contributed by atoms with van der Waals surface area (Å²) in [5, 5.41) is 3.01. The molecule has 0 atom stereocenters. The van der Waals surface area contributed by atoms with Crippen LogP contribution in [0, 0.1) is 0 Å². The lowest BCUT2D eigenvalue weighted by molar-refractivity contribution is -0.0107. The van der Waals surface area contributed by atoms with Crippen molar-refractivity contribution in [2.24, 2.45) is 0 Å². The highest BCUT2D eigenvalue weighted by Crippen LogP contribution is 1.84. The van der Waals surface area contributed by atoms with Gasteiger partial charge in [0.15, 0.2) is 0 Å². The first kappa shape index (κ1) is 28.6. The molecule has 0 saturated carbocycles. The van der Waals surface area contributed by atoms with Gasteiger partial charge in [0, 0.05) is 13.2 Å². The number of hydrogen-bond acceptors (Lipinski definition) is 6. The molecule has 6 nitrogen and oxygen atoms in total. The van der Waals surface area contributed by atoms with Crippen LogP contribution in [-0.2, 0) is 23.7 Å². The number of ether oxygens (including phenoxy) is 5. The molecule has 1 N–H and O–H groups in total. The van der Waals surface area contributed by atoms with E-state index in [1.807, 2.05) is 34.7 Å². The Balaban J connectivity index is -0.00000102. The molecule has 0 radical (unpaired) electrons. The molecule has 0 amide bonds. The topological polar surface area (TPSA) is 58.2 Å². The molecule has 0 aliphatic rings. The summed E-state index contributed by atoms with van der Waals surface area (Å²) in [5.41, 5.74) is 0. The maximum atomic E-state index is 5.36. The molecule has 0 aliphatic heterocycles. The lowest BCUT2D eigenvalue weighted by Gasteiger charge is -2.07. The van der Waals surface area contributed by atoms with E-state index in [9.17, 15) is 0 Å². The number of nitrogens with one attached hydrogen (secondary N) is 1. The Morgan fingerprint density at radius 1 is 0.500 bits per heavy atom. The fraction of sp³-hybridized carbons (Fsp3) is 1.00. The van der Waals surface area contributed by atoms with Gasteiger partial charge in [-0.2, -0.15) is 0 Å². The molecule has 24 heavy (non-hydrogen) atoms. The van der Waals surface area contributed by atoms with E-state index in [4.69, 9.17) is 23.7 Å². The molecule has 0 aromatic carbocycles. The standard InChI is InChI=1S/C14H31NO5.2C2H6/c1-3-5-16-7-9-18-11-13-20-14-12-19-10-8-17-6-4-15-2;2*1-2/h15H,3-14H2,1-2H3;2*1-2H3. The summed E-state index contributed by atoms with van der Waals surface area (Å²) in [6, 6.07) is 0. The largest absolute Gasteiger partial charge is 0.379 e. The second kappa shape index (κ2) is 34.2. The summed E-state index contributed by atoms with van der Waals surface area (Å²) < 4.78 is 26.7. The van der Waals surface area contributed by atoms with Crippen LogP contribution in [0.25, 0.3) is 0 Å². The third-order valence-electron chi connectivity index (χ3n) is 2.33. The Morgan fingerprint density at radius 2 is 0.792 bits per heavy atom. The van der Waals surface area contributed by atoms with Gasteiger partial charge in [0.2, 0.25) is 0 Å². The molecule has 0 unspecified atom stereocenters. The first-order valence-corrected chi connectivity index (χ1v) is 9.45. The van der Waals surface area contributed by atoms with Crippen LogP contribution in [0.3, 0.4) is 0 Å². The first-order valence-electron chi connectivity index (χ1n) is 9.45. The molecule has 0 heterocycles. The highest BCUT2D eigenvalue weighted by atomic mass is 16.6. The first-order chi connectivity index (χ1) is 11.9. The van der Waals surface area contributed by atoms with Crippen LogP contribution in [-0.4, -0.2) is 79.7 Å². The summed E-state index contributed by atoms with van der Waals surface area (Å²) in [7, 11) is 1.90. The fourth-order valence-electron chi connectivity index (χ4n) is 1.30. The quantitative estimate of drug-likeness (QED) is 0.406. The zero-order chi connectivity index (χ0) is 18.7. The smallest absolute Gasteiger partial charge is 0.0701 e. The molecular weight excluding hydrogens is 310 g/mol. The number of hydrogen-bond donors (Lipinski definition) is 1. The predicted octanol–water partition coefficient (Wildman–Crippen LogP) is 2.75. The average molecular weight is 354 g/mol. The van der Waals surface area contributed by atoms with Crippen LogP contribution < -0.4 is 5.32 Å². The lowest BCUT2D eigenvalue weighted by Crippen LogP contribution is -2.17. The van der Waals surface area contributed by atoms with Crippen LogP contribution in [0.1, 0.15) is 41.0 Å². The zero-order valence-electron chi connectivity index (χ0n) is 17.0. The van der Waals surface area contributed by atoms with Gasteiger partial charge in [0.25, 0.3) is 0 Å². The van der Waals surface area contributed by atoms with Crippen molar-refractivity contribution in [3.8, 4) is 0 Å². The van der Waals surface area contributed by atoms with Crippen molar-refractivity contribution in [1.82, 2.24) is 5.32 Å². The molecule has 0 aliphatic carbocycles. The summed E-state index contributed by atoms with van der Waals surface area (Å²) in [6.07, 6.45) is 1.05. The maximum absolute atomic E-state index is 5.36. The van der Waals surface area contributed by atoms with Gasteiger partial charge >= 0.3 is 0 Å². The summed E-state index contributed by atoms with van der Waals surface area (Å²) in [5.74, 6) is 0. The summed E-state index contributed by atoms with van der Waals surface area (Å²) in [4.78, 5) is 0. The van der Waals surface area contributed by atoms with Crippen LogP contribution in [0.15, 0.2) is 0 Å². The third kappa shape index (κ3) is 33.4. The van der Waals surface area contributed by atoms with Crippen LogP contribution in [0.4, 0.5) is 0 Å². The van der Waals surface area contributed by atoms with Crippen LogP contribution >= 0.6 is 0 Å². The zero-order valence-corrected chi connectivity index (χ0v) is 17.0. The highest BCUT2D eigenvalue weighted by molar-refractivity contribution is 4.37. The van der Waals surface area contributed by atoms with Crippen molar-refractivity contribution in [3.05, 3.63) is 0 Å². The van der Waals surface area contributed by atoms with Gasteiger partial charge in [-0.3, -0.25) is 0 Å². The monoisotopic (exact) mass is 353 g/mol. The minimum atomic E-state index is 0.589. The van der Waals surface area contributed by atoms with Crippen molar-refractivity contribution in [3.63, 3.8) is 0 Å². The van der Waals surface area contributed by atoms with Gasteiger partial charge in [-0.1, -0.05) is 34.6 Å². The number of likely N-dealkylation sites (N-methyl/N-ethyl adjacent to an activating group) is 1. The molecule has 0 fully saturated rings. The van der Waals surface area contributed by atoms with E-state index in [1.165, 1.54) is 0 Å². The normalized spacial score (nSPS) is 9.75. The Labute approximate surface area is 150 Å². The van der Waals surface area contributed by atoms with Gasteiger partial charge in [0.1, 0.15) is 0 Å². The van der Waals surface area contributed by atoms with Crippen molar-refractivity contribution >= 4 is 0 Å². The van der Waals surface area contributed by atoms with E-state index in [0.717, 1.165) is 26.2 Å². The maximum Gasteiger partial charge on any atom is 0.0701 e. The SMILES string of the molecule is CC.CC.CCCOCCOCCOCCOCCOCCNC. The third-order valence-corrected chi connectivity index (χ3v) is 2.33. The van der Waals surface area contributed by atoms with E-state index in [-0.39, 0.29) is 0 Å². The second-order valence-electron chi connectivity index (χ2n) is 4.17. The predicted molar refractivity (Wildman–Crippen MR) is 101 cm³/mol. The fourth-order valence-corrected chi connectivity index (χ4v) is 1.30. The second-order valence-corrected chi connectivity index (χ2v) is 4.17. The van der Waals surface area contributed by atoms with Gasteiger partial charge in [-0.05, 0) is 13.5 Å². The Bertz CT molecular complexity index is 155. The molecular formula is C18H43NO5. The van der Waals surface area contributed by atoms with E-state index in [2.05, 4.69) is 12.2 Å². The minimum absolute atomic E-state index is 0.589. The molecule has 0 spiro atoms. The summed E-state index contributed by atoms with van der Waals surface area (Å²) >= 11 is 0. The van der Waals surface area contributed by atoms with Gasteiger partial charge in [0.05, 0.1) is 59.5 Å². The van der Waals surface area contributed by atoms with Crippen LogP contribution in [0.2, 0.25) is 0 Å². The molecule has 0 aromatic heterocycles. The van der Waals surface area contributed by atoms with Crippen molar-refractivity contribution in [2.75, 3.05) is 79.7 Å². The van der Waals surface area contributed by atoms with E-state index >= 15 is 0 Å². The van der Waals surface area contributed by atoms with Crippen molar-refractivity contribution in [2.45, 2.75) is 41.0 Å². The van der Waals surface area contributed by atoms with Gasteiger partial charge in [-0.15, -0.1) is 0 Å². The molecule has 0 aromatic rings. The minimum Gasteiger partial charge on any atom is -0.379 e. The average Bonchev–Trinajstić information content (AvgIpc) is 2.65. The molecule has 0 bridgehead atoms.